The molecule has 2 saturated carbocycles. The van der Waals surface area contributed by atoms with Crippen LogP contribution in [0.3, 0.4) is 0 Å². The van der Waals surface area contributed by atoms with E-state index >= 15 is 0 Å². The number of allylic oxidation sites excluding steroid dienone is 2. The monoisotopic (exact) mass is 224 g/mol. The maximum atomic E-state index is 6.17. The van der Waals surface area contributed by atoms with E-state index in [0.29, 0.717) is 11.5 Å². The molecule has 0 aromatic heterocycles. The summed E-state index contributed by atoms with van der Waals surface area (Å²) in [6, 6.07) is 0. The van der Waals surface area contributed by atoms with E-state index in [1.165, 1.54) is 37.3 Å². The first kappa shape index (κ1) is 11.4. The third-order valence-corrected chi connectivity index (χ3v) is 6.24. The van der Waals surface area contributed by atoms with Gasteiger partial charge < -0.3 is 4.43 Å². The highest BCUT2D eigenvalue weighted by Gasteiger charge is 2.48. The van der Waals surface area contributed by atoms with Crippen LogP contribution in [-0.2, 0) is 4.43 Å². The van der Waals surface area contributed by atoms with E-state index in [1.54, 1.807) is 0 Å². The van der Waals surface area contributed by atoms with Crippen molar-refractivity contribution in [3.63, 3.8) is 0 Å². The molecule has 0 N–H and O–H groups in total. The minimum atomic E-state index is -0.412. The molecule has 2 bridgehead atoms. The van der Waals surface area contributed by atoms with Crippen molar-refractivity contribution in [2.45, 2.75) is 59.0 Å². The summed E-state index contributed by atoms with van der Waals surface area (Å²) in [6.45, 7) is 6.65. The van der Waals surface area contributed by atoms with Crippen molar-refractivity contribution in [3.05, 3.63) is 11.3 Å². The molecule has 1 atom stereocenters. The minimum absolute atomic E-state index is 0.412. The summed E-state index contributed by atoms with van der Waals surface area (Å²) in [5, 5.41) is 1.49. The van der Waals surface area contributed by atoms with Gasteiger partial charge in [-0.2, -0.15) is 0 Å². The quantitative estimate of drug-likeness (QED) is 0.667. The zero-order valence-electron chi connectivity index (χ0n) is 10.4. The third-order valence-electron chi connectivity index (χ3n) is 4.71. The summed E-state index contributed by atoms with van der Waals surface area (Å²) in [7, 11) is -0.412. The number of hydrogen-bond donors (Lipinski definition) is 0. The average Bonchev–Trinajstić information content (AvgIpc) is 2.86. The first-order chi connectivity index (χ1) is 7.16. The highest BCUT2D eigenvalue weighted by molar-refractivity contribution is 6.37. The van der Waals surface area contributed by atoms with Crippen LogP contribution in [0.15, 0.2) is 11.3 Å². The Morgan fingerprint density at radius 2 is 2.13 bits per heavy atom. The van der Waals surface area contributed by atoms with Crippen LogP contribution in [0.1, 0.15) is 52.9 Å². The largest absolute Gasteiger partial charge is 0.416 e. The lowest BCUT2D eigenvalue weighted by atomic mass is 9.80. The van der Waals surface area contributed by atoms with E-state index in [1.807, 2.05) is 0 Å². The molecule has 2 fully saturated rings. The third kappa shape index (κ3) is 2.21. The molecular formula is C13H24OSi. The smallest absolute Gasteiger partial charge is 0.188 e. The fourth-order valence-corrected chi connectivity index (χ4v) is 4.36. The second kappa shape index (κ2) is 4.42. The second-order valence-electron chi connectivity index (χ2n) is 5.60. The van der Waals surface area contributed by atoms with Gasteiger partial charge in [-0.3, -0.25) is 0 Å². The Morgan fingerprint density at radius 3 is 2.60 bits per heavy atom. The van der Waals surface area contributed by atoms with Crippen molar-refractivity contribution in [3.8, 4) is 0 Å². The molecule has 15 heavy (non-hydrogen) atoms. The van der Waals surface area contributed by atoms with Crippen molar-refractivity contribution < 1.29 is 4.43 Å². The first-order valence-electron chi connectivity index (χ1n) is 6.40. The number of fused-ring (bicyclic) bond motifs is 2. The van der Waals surface area contributed by atoms with Gasteiger partial charge in [-0.05, 0) is 64.2 Å². The van der Waals surface area contributed by atoms with E-state index in [4.69, 9.17) is 4.43 Å². The Balaban J connectivity index is 1.88. The molecule has 0 amide bonds. The summed E-state index contributed by atoms with van der Waals surface area (Å²) in [4.78, 5) is 0. The number of rotatable bonds is 4. The highest BCUT2D eigenvalue weighted by Crippen LogP contribution is 2.56. The molecule has 0 spiro atoms. The molecule has 2 rings (SSSR count). The Morgan fingerprint density at radius 1 is 1.47 bits per heavy atom. The molecule has 0 saturated heterocycles. The van der Waals surface area contributed by atoms with E-state index in [2.05, 4.69) is 26.8 Å². The summed E-state index contributed by atoms with van der Waals surface area (Å²) in [5.74, 6) is 1.04. The maximum Gasteiger partial charge on any atom is 0.188 e. The standard InChI is InChI=1S/C13H24OSi/c1-4-10(2)15-14-11(3)13-7-5-12(9-13)6-8-13/h4,11-12H,5-9,15H2,1-3H3. The first-order valence-corrected chi connectivity index (χ1v) is 7.68. The van der Waals surface area contributed by atoms with Gasteiger partial charge >= 0.3 is 0 Å². The fourth-order valence-electron chi connectivity index (χ4n) is 3.32. The summed E-state index contributed by atoms with van der Waals surface area (Å²) >= 11 is 0. The van der Waals surface area contributed by atoms with Gasteiger partial charge in [0.25, 0.3) is 0 Å². The van der Waals surface area contributed by atoms with Crippen molar-refractivity contribution in [1.82, 2.24) is 0 Å². The van der Waals surface area contributed by atoms with Crippen LogP contribution in [0.25, 0.3) is 0 Å². The molecular weight excluding hydrogens is 200 g/mol. The predicted molar refractivity (Wildman–Crippen MR) is 67.5 cm³/mol. The minimum Gasteiger partial charge on any atom is -0.416 e. The van der Waals surface area contributed by atoms with Gasteiger partial charge in [0, 0.05) is 6.10 Å². The van der Waals surface area contributed by atoms with Crippen LogP contribution in [0, 0.1) is 11.3 Å². The van der Waals surface area contributed by atoms with E-state index in [-0.39, 0.29) is 0 Å². The Hall–Kier alpha value is -0.0831. The molecule has 1 unspecified atom stereocenters. The molecule has 0 heterocycles. The number of hydrogen-bond acceptors (Lipinski definition) is 1. The molecule has 2 aliphatic rings. The van der Waals surface area contributed by atoms with Crippen molar-refractivity contribution in [1.29, 1.82) is 0 Å². The summed E-state index contributed by atoms with van der Waals surface area (Å²) < 4.78 is 6.17. The lowest BCUT2D eigenvalue weighted by Crippen LogP contribution is -2.32. The maximum absolute atomic E-state index is 6.17. The summed E-state index contributed by atoms with van der Waals surface area (Å²) in [5.41, 5.74) is 0.589. The van der Waals surface area contributed by atoms with Crippen LogP contribution in [0.2, 0.25) is 0 Å². The molecule has 2 aliphatic carbocycles. The van der Waals surface area contributed by atoms with Gasteiger partial charge in [0.2, 0.25) is 0 Å². The lowest BCUT2D eigenvalue weighted by molar-refractivity contribution is 0.0718. The van der Waals surface area contributed by atoms with Crippen molar-refractivity contribution >= 4 is 9.76 Å². The van der Waals surface area contributed by atoms with Crippen LogP contribution >= 0.6 is 0 Å². The van der Waals surface area contributed by atoms with E-state index < -0.39 is 9.76 Å². The summed E-state index contributed by atoms with van der Waals surface area (Å²) in [6.07, 6.45) is 9.99. The molecule has 1 nitrogen and oxygen atoms in total. The Kier molecular flexibility index (Phi) is 3.36. The Bertz CT molecular complexity index is 251. The fraction of sp³-hybridized carbons (Fsp3) is 0.846. The van der Waals surface area contributed by atoms with Gasteiger partial charge in [-0.1, -0.05) is 11.3 Å². The van der Waals surface area contributed by atoms with Crippen LogP contribution in [0.4, 0.5) is 0 Å². The Labute approximate surface area is 96.2 Å². The van der Waals surface area contributed by atoms with Gasteiger partial charge in [-0.15, -0.1) is 0 Å². The van der Waals surface area contributed by atoms with Crippen LogP contribution in [0.5, 0.6) is 0 Å². The molecule has 86 valence electrons. The topological polar surface area (TPSA) is 9.23 Å². The zero-order chi connectivity index (χ0) is 10.9. The van der Waals surface area contributed by atoms with Crippen LogP contribution in [-0.4, -0.2) is 15.9 Å². The second-order valence-corrected chi connectivity index (χ2v) is 7.34. The van der Waals surface area contributed by atoms with Crippen LogP contribution < -0.4 is 0 Å². The van der Waals surface area contributed by atoms with Crippen molar-refractivity contribution in [2.24, 2.45) is 11.3 Å². The SMILES string of the molecule is CC=C(C)[SiH2]OC(C)C12CCC(CC1)C2. The van der Waals surface area contributed by atoms with Gasteiger partial charge in [0.05, 0.1) is 0 Å². The van der Waals surface area contributed by atoms with Gasteiger partial charge in [0.1, 0.15) is 0 Å². The average molecular weight is 224 g/mol. The zero-order valence-corrected chi connectivity index (χ0v) is 11.8. The normalized spacial score (nSPS) is 38.1. The molecule has 0 aromatic carbocycles. The molecule has 0 aliphatic heterocycles. The van der Waals surface area contributed by atoms with E-state index in [9.17, 15) is 0 Å². The lowest BCUT2D eigenvalue weighted by Gasteiger charge is -2.33. The predicted octanol–water partition coefficient (Wildman–Crippen LogP) is 2.98. The van der Waals surface area contributed by atoms with Crippen molar-refractivity contribution in [2.75, 3.05) is 0 Å². The molecule has 2 heteroatoms. The highest BCUT2D eigenvalue weighted by atomic mass is 28.2. The van der Waals surface area contributed by atoms with Gasteiger partial charge in [0.15, 0.2) is 9.76 Å². The van der Waals surface area contributed by atoms with Gasteiger partial charge in [-0.25, -0.2) is 0 Å². The molecule has 0 radical (unpaired) electrons. The molecule has 0 aromatic rings. The van der Waals surface area contributed by atoms with E-state index in [0.717, 1.165) is 5.92 Å².